The lowest BCUT2D eigenvalue weighted by atomic mass is 9.65. The molecule has 1 unspecified atom stereocenters. The fourth-order valence-electron chi connectivity index (χ4n) is 9.52. The molecular formula is C53H33NOS. The summed E-state index contributed by atoms with van der Waals surface area (Å²) in [5.41, 5.74) is 12.6. The zero-order valence-corrected chi connectivity index (χ0v) is 31.1. The van der Waals surface area contributed by atoms with Crippen LogP contribution in [0.4, 0.5) is 17.1 Å². The molecular weight excluding hydrogens is 699 g/mol. The van der Waals surface area contributed by atoms with Crippen LogP contribution in [0.2, 0.25) is 0 Å². The Labute approximate surface area is 329 Å². The van der Waals surface area contributed by atoms with Crippen LogP contribution >= 0.6 is 11.3 Å². The third-order valence-electron chi connectivity index (χ3n) is 11.9. The second-order valence-corrected chi connectivity index (χ2v) is 15.8. The number of thiophene rings is 1. The van der Waals surface area contributed by atoms with Gasteiger partial charge in [0.05, 0.1) is 15.8 Å². The van der Waals surface area contributed by atoms with Crippen LogP contribution in [-0.4, -0.2) is 0 Å². The minimum atomic E-state index is -0.595. The molecule has 0 saturated heterocycles. The van der Waals surface area contributed by atoms with Crippen molar-refractivity contribution in [3.63, 3.8) is 0 Å². The number of benzene rings is 9. The van der Waals surface area contributed by atoms with Gasteiger partial charge in [0.2, 0.25) is 0 Å². The highest BCUT2D eigenvalue weighted by molar-refractivity contribution is 7.26. The topological polar surface area (TPSA) is 12.5 Å². The lowest BCUT2D eigenvalue weighted by Crippen LogP contribution is -2.32. The van der Waals surface area contributed by atoms with Gasteiger partial charge < -0.3 is 9.64 Å². The maximum Gasteiger partial charge on any atom is 0.140 e. The largest absolute Gasteiger partial charge is 0.456 e. The van der Waals surface area contributed by atoms with Gasteiger partial charge in [0.15, 0.2) is 0 Å². The minimum absolute atomic E-state index is 0.595. The van der Waals surface area contributed by atoms with Gasteiger partial charge in [0.25, 0.3) is 0 Å². The van der Waals surface area contributed by atoms with Crippen molar-refractivity contribution in [2.24, 2.45) is 0 Å². The van der Waals surface area contributed by atoms with Gasteiger partial charge in [-0.1, -0.05) is 158 Å². The average Bonchev–Trinajstić information content (AvgIpc) is 3.79. The van der Waals surface area contributed by atoms with Gasteiger partial charge in [-0.2, -0.15) is 0 Å². The van der Waals surface area contributed by atoms with Crippen molar-refractivity contribution < 1.29 is 4.74 Å². The van der Waals surface area contributed by atoms with E-state index >= 15 is 0 Å². The SMILES string of the molecule is c1ccc(-c2ccc(N(c3ccc4c(c3)C3(c5ccccc5Oc5c3ccc3ccccc53)c3ccccc3-4)c3cccc4c3sc3ccccc34)cc2)cc1. The summed E-state index contributed by atoms with van der Waals surface area (Å²) in [6.45, 7) is 0. The Balaban J connectivity index is 1.15. The molecule has 2 nitrogen and oxygen atoms in total. The fraction of sp³-hybridized carbons (Fsp3) is 0.0189. The normalized spacial score (nSPS) is 15.0. The van der Waals surface area contributed by atoms with Gasteiger partial charge in [-0.15, -0.1) is 11.3 Å². The molecule has 1 aliphatic carbocycles. The van der Waals surface area contributed by atoms with E-state index in [1.165, 1.54) is 70.2 Å². The van der Waals surface area contributed by atoms with Crippen LogP contribution in [0.25, 0.3) is 53.2 Å². The molecule has 9 aromatic carbocycles. The highest BCUT2D eigenvalue weighted by atomic mass is 32.1. The zero-order valence-electron chi connectivity index (χ0n) is 30.3. The van der Waals surface area contributed by atoms with Crippen LogP contribution in [0.15, 0.2) is 200 Å². The molecule has 0 amide bonds. The molecule has 1 spiro atoms. The van der Waals surface area contributed by atoms with E-state index in [2.05, 4.69) is 205 Å². The van der Waals surface area contributed by atoms with Crippen molar-refractivity contribution >= 4 is 59.3 Å². The molecule has 262 valence electrons. The quantitative estimate of drug-likeness (QED) is 0.179. The molecule has 56 heavy (non-hydrogen) atoms. The highest BCUT2D eigenvalue weighted by Crippen LogP contribution is 2.63. The molecule has 2 heterocycles. The van der Waals surface area contributed by atoms with Crippen LogP contribution in [0.1, 0.15) is 22.3 Å². The molecule has 0 saturated carbocycles. The first-order valence-electron chi connectivity index (χ1n) is 19.2. The van der Waals surface area contributed by atoms with E-state index in [9.17, 15) is 0 Å². The number of rotatable bonds is 4. The summed E-state index contributed by atoms with van der Waals surface area (Å²) in [5, 5.41) is 4.86. The summed E-state index contributed by atoms with van der Waals surface area (Å²) < 4.78 is 9.50. The molecule has 0 bridgehead atoms. The van der Waals surface area contributed by atoms with Crippen molar-refractivity contribution in [1.29, 1.82) is 0 Å². The van der Waals surface area contributed by atoms with Crippen LogP contribution in [0, 0.1) is 0 Å². The van der Waals surface area contributed by atoms with Gasteiger partial charge >= 0.3 is 0 Å². The summed E-state index contributed by atoms with van der Waals surface area (Å²) in [4.78, 5) is 2.47. The van der Waals surface area contributed by atoms with E-state index in [1.807, 2.05) is 11.3 Å². The van der Waals surface area contributed by atoms with E-state index in [0.717, 1.165) is 33.8 Å². The minimum Gasteiger partial charge on any atom is -0.456 e. The van der Waals surface area contributed by atoms with Crippen molar-refractivity contribution in [2.75, 3.05) is 4.90 Å². The van der Waals surface area contributed by atoms with E-state index in [-0.39, 0.29) is 0 Å². The molecule has 1 atom stereocenters. The lowest BCUT2D eigenvalue weighted by Gasteiger charge is -2.40. The van der Waals surface area contributed by atoms with Crippen molar-refractivity contribution in [3.05, 3.63) is 222 Å². The second kappa shape index (κ2) is 12.0. The predicted octanol–water partition coefficient (Wildman–Crippen LogP) is 14.8. The first-order chi connectivity index (χ1) is 27.8. The maximum absolute atomic E-state index is 6.94. The van der Waals surface area contributed by atoms with E-state index in [1.54, 1.807) is 0 Å². The number of fused-ring (bicyclic) bond motifs is 14. The predicted molar refractivity (Wildman–Crippen MR) is 234 cm³/mol. The molecule has 0 N–H and O–H groups in total. The van der Waals surface area contributed by atoms with Gasteiger partial charge in [-0.25, -0.2) is 0 Å². The first-order valence-corrected chi connectivity index (χ1v) is 20.0. The number of hydrogen-bond donors (Lipinski definition) is 0. The third-order valence-corrected chi connectivity index (χ3v) is 13.1. The second-order valence-electron chi connectivity index (χ2n) is 14.8. The third kappa shape index (κ3) is 4.38. The van der Waals surface area contributed by atoms with Crippen molar-refractivity contribution in [1.82, 2.24) is 0 Å². The van der Waals surface area contributed by atoms with Crippen molar-refractivity contribution in [2.45, 2.75) is 5.41 Å². The summed E-state index contributed by atoms with van der Waals surface area (Å²) in [6, 6.07) is 73.1. The number of ether oxygens (including phenoxy) is 1. The van der Waals surface area contributed by atoms with Crippen LogP contribution < -0.4 is 9.64 Å². The number of hydrogen-bond acceptors (Lipinski definition) is 3. The number of nitrogens with zero attached hydrogens (tertiary/aromatic N) is 1. The Bertz CT molecular complexity index is 3180. The van der Waals surface area contributed by atoms with Gasteiger partial charge in [0.1, 0.15) is 11.5 Å². The van der Waals surface area contributed by atoms with Gasteiger partial charge in [0, 0.05) is 43.4 Å². The maximum atomic E-state index is 6.94. The molecule has 2 aliphatic rings. The zero-order chi connectivity index (χ0) is 36.8. The molecule has 1 aliphatic heterocycles. The molecule has 12 rings (SSSR count). The number of anilines is 3. The Morgan fingerprint density at radius 3 is 2.00 bits per heavy atom. The Morgan fingerprint density at radius 1 is 0.429 bits per heavy atom. The molecule has 1 aromatic heterocycles. The Morgan fingerprint density at radius 2 is 1.11 bits per heavy atom. The van der Waals surface area contributed by atoms with E-state index in [0.29, 0.717) is 0 Å². The smallest absolute Gasteiger partial charge is 0.140 e. The fourth-order valence-corrected chi connectivity index (χ4v) is 10.7. The summed E-state index contributed by atoms with van der Waals surface area (Å²) in [6.07, 6.45) is 0. The highest BCUT2D eigenvalue weighted by Gasteiger charge is 2.51. The van der Waals surface area contributed by atoms with E-state index < -0.39 is 5.41 Å². The number of para-hydroxylation sites is 1. The molecule has 3 heteroatoms. The van der Waals surface area contributed by atoms with Crippen LogP contribution in [-0.2, 0) is 5.41 Å². The van der Waals surface area contributed by atoms with Crippen molar-refractivity contribution in [3.8, 4) is 33.8 Å². The molecule has 10 aromatic rings. The summed E-state index contributed by atoms with van der Waals surface area (Å²) in [5.74, 6) is 1.83. The van der Waals surface area contributed by atoms with Gasteiger partial charge in [-0.05, 0) is 81.2 Å². The molecule has 0 fully saturated rings. The van der Waals surface area contributed by atoms with Gasteiger partial charge in [-0.3, -0.25) is 0 Å². The first kappa shape index (κ1) is 31.4. The lowest BCUT2D eigenvalue weighted by molar-refractivity contribution is 0.441. The Hall–Kier alpha value is -6.94. The van der Waals surface area contributed by atoms with E-state index in [4.69, 9.17) is 4.74 Å². The summed E-state index contributed by atoms with van der Waals surface area (Å²) >= 11 is 1.87. The van der Waals surface area contributed by atoms with Crippen LogP contribution in [0.3, 0.4) is 0 Å². The molecule has 0 radical (unpaired) electrons. The Kier molecular flexibility index (Phi) is 6.75. The van der Waals surface area contributed by atoms with Crippen LogP contribution in [0.5, 0.6) is 11.5 Å². The monoisotopic (exact) mass is 731 g/mol. The summed E-state index contributed by atoms with van der Waals surface area (Å²) in [7, 11) is 0. The standard InChI is InChI=1S/C53H33NOS/c1-2-13-34(14-3-1)35-25-28-37(29-26-35)54(48-22-12-19-43-42-18-7-11-24-50(42)56-52(43)48)38-30-31-41-40-17-6-8-20-44(40)53(47(41)33-38)45-21-9-10-23-49(45)55-51-39-16-5-4-15-36(39)27-32-46(51)53/h1-33H. The average molecular weight is 732 g/mol.